The first-order valence-corrected chi connectivity index (χ1v) is 15.6. The van der Waals surface area contributed by atoms with E-state index >= 15 is 4.39 Å². The summed E-state index contributed by atoms with van der Waals surface area (Å²) < 4.78 is 58.2. The molecule has 10 nitrogen and oxygen atoms in total. The Balaban J connectivity index is 1.57. The first-order chi connectivity index (χ1) is 21.9. The van der Waals surface area contributed by atoms with Gasteiger partial charge in [-0.15, -0.1) is 11.3 Å². The molecule has 5 rings (SSSR count). The van der Waals surface area contributed by atoms with Crippen LogP contribution in [0.25, 0.3) is 21.8 Å². The molecular weight excluding hydrogens is 642 g/mol. The highest BCUT2D eigenvalue weighted by atomic mass is 32.2. The molecule has 4 aromatic rings. The van der Waals surface area contributed by atoms with Crippen LogP contribution >= 0.6 is 23.3 Å². The maximum Gasteiger partial charge on any atom is 0.411 e. The smallest absolute Gasteiger partial charge is 0.411 e. The highest BCUT2D eigenvalue weighted by Crippen LogP contribution is 2.42. The van der Waals surface area contributed by atoms with Crippen LogP contribution in [0.15, 0.2) is 66.2 Å². The number of rotatable bonds is 8. The van der Waals surface area contributed by atoms with Gasteiger partial charge in [0.1, 0.15) is 28.3 Å². The van der Waals surface area contributed by atoms with E-state index in [1.165, 1.54) is 34.6 Å². The maximum absolute atomic E-state index is 16.2. The summed E-state index contributed by atoms with van der Waals surface area (Å²) >= 11 is 1.88. The van der Waals surface area contributed by atoms with Crippen molar-refractivity contribution in [2.45, 2.75) is 37.3 Å². The molecule has 0 radical (unpaired) electrons. The molecule has 1 aliphatic rings. The lowest BCUT2D eigenvalue weighted by molar-refractivity contribution is -0.111. The quantitative estimate of drug-likeness (QED) is 0.148. The molecule has 46 heavy (non-hydrogen) atoms. The van der Waals surface area contributed by atoms with Crippen LogP contribution in [-0.2, 0) is 14.3 Å². The molecule has 0 bridgehead atoms. The number of ether oxygens (including phenoxy) is 2. The fourth-order valence-corrected chi connectivity index (χ4v) is 6.21. The number of nitrogens with one attached hydrogen (secondary N) is 2. The SMILES string of the molecule is C=CC(=O)Nc1nccc(-c2sc(C3COCCN3C(=O)OC(C)(C)C)nc2-c2cccc(NSc3cc(F)ccc3F)c2F)n1. The van der Waals surface area contributed by atoms with Gasteiger partial charge in [-0.3, -0.25) is 15.0 Å². The van der Waals surface area contributed by atoms with E-state index < -0.39 is 41.1 Å². The van der Waals surface area contributed by atoms with Gasteiger partial charge in [-0.1, -0.05) is 12.6 Å². The molecule has 2 amide bonds. The molecule has 2 aromatic carbocycles. The van der Waals surface area contributed by atoms with Crippen LogP contribution in [0.4, 0.5) is 29.6 Å². The van der Waals surface area contributed by atoms with Gasteiger partial charge in [-0.2, -0.15) is 0 Å². The highest BCUT2D eigenvalue weighted by molar-refractivity contribution is 8.00. The Morgan fingerprint density at radius 1 is 1.17 bits per heavy atom. The third-order valence-electron chi connectivity index (χ3n) is 6.41. The van der Waals surface area contributed by atoms with Gasteiger partial charge in [-0.25, -0.2) is 32.9 Å². The van der Waals surface area contributed by atoms with Crippen LogP contribution in [0.5, 0.6) is 0 Å². The van der Waals surface area contributed by atoms with Crippen LogP contribution in [0.3, 0.4) is 0 Å². The van der Waals surface area contributed by atoms with Crippen molar-refractivity contribution in [3.63, 3.8) is 0 Å². The van der Waals surface area contributed by atoms with Crippen molar-refractivity contribution in [1.29, 1.82) is 0 Å². The molecule has 0 spiro atoms. The Morgan fingerprint density at radius 3 is 2.74 bits per heavy atom. The number of halogens is 3. The Kier molecular flexibility index (Phi) is 9.94. The van der Waals surface area contributed by atoms with Gasteiger partial charge in [0, 0.05) is 18.3 Å². The number of hydrogen-bond donors (Lipinski definition) is 2. The number of hydrogen-bond acceptors (Lipinski definition) is 10. The molecule has 1 atom stereocenters. The summed E-state index contributed by atoms with van der Waals surface area (Å²) in [4.78, 5) is 40.3. The molecular formula is C31H29F3N6O4S2. The van der Waals surface area contributed by atoms with Crippen molar-refractivity contribution in [2.75, 3.05) is 29.8 Å². The molecule has 1 saturated heterocycles. The molecule has 1 aliphatic heterocycles. The number of morpholine rings is 1. The minimum absolute atomic E-state index is 0.00957. The zero-order chi connectivity index (χ0) is 33.0. The number of benzene rings is 2. The van der Waals surface area contributed by atoms with Gasteiger partial charge < -0.3 is 14.2 Å². The molecule has 0 saturated carbocycles. The maximum atomic E-state index is 16.2. The molecule has 0 aliphatic carbocycles. The van der Waals surface area contributed by atoms with Crippen LogP contribution in [-0.4, -0.2) is 57.2 Å². The number of aromatic nitrogens is 3. The average Bonchev–Trinajstić information content (AvgIpc) is 3.46. The van der Waals surface area contributed by atoms with Gasteiger partial charge in [0.25, 0.3) is 0 Å². The van der Waals surface area contributed by atoms with Gasteiger partial charge in [0.05, 0.1) is 40.1 Å². The Hall–Kier alpha value is -4.47. The topological polar surface area (TPSA) is 119 Å². The van der Waals surface area contributed by atoms with E-state index in [2.05, 4.69) is 26.6 Å². The number of anilines is 2. The van der Waals surface area contributed by atoms with E-state index in [0.29, 0.717) is 34.1 Å². The summed E-state index contributed by atoms with van der Waals surface area (Å²) in [5.41, 5.74) is -0.168. The Morgan fingerprint density at radius 2 is 1.98 bits per heavy atom. The van der Waals surface area contributed by atoms with Crippen molar-refractivity contribution in [3.8, 4) is 21.8 Å². The van der Waals surface area contributed by atoms with Gasteiger partial charge >= 0.3 is 6.09 Å². The molecule has 2 aromatic heterocycles. The number of thiazole rings is 1. The second-order valence-corrected chi connectivity index (χ2v) is 12.8. The highest BCUT2D eigenvalue weighted by Gasteiger charge is 2.35. The standard InChI is InChI=1S/C31H29F3N6O4S2/c1-5-24(41)37-29-35-12-11-21(36-29)27-26(38-28(45-27)22-16-43-14-13-40(22)30(42)44-31(2,3)4)18-7-6-8-20(25(18)34)39-46-23-15-17(32)9-10-19(23)33/h5-12,15,22,39H,1,13-14,16H2,2-4H3,(H,35,36,37,41). The van der Waals surface area contributed by atoms with Gasteiger partial charge in [0.2, 0.25) is 11.9 Å². The number of nitrogens with zero attached hydrogens (tertiary/aromatic N) is 4. The fourth-order valence-electron chi connectivity index (χ4n) is 4.35. The van der Waals surface area contributed by atoms with Crippen LogP contribution in [0, 0.1) is 17.5 Å². The fraction of sp³-hybridized carbons (Fsp3) is 0.258. The molecule has 2 N–H and O–H groups in total. The summed E-state index contributed by atoms with van der Waals surface area (Å²) in [6, 6.07) is 8.44. The molecule has 1 unspecified atom stereocenters. The van der Waals surface area contributed by atoms with E-state index in [1.807, 2.05) is 0 Å². The van der Waals surface area contributed by atoms with E-state index in [9.17, 15) is 18.4 Å². The second-order valence-electron chi connectivity index (χ2n) is 10.9. The average molecular weight is 671 g/mol. The Bertz CT molecular complexity index is 1780. The third-order valence-corrected chi connectivity index (χ3v) is 8.45. The van der Waals surface area contributed by atoms with Crippen LogP contribution < -0.4 is 10.0 Å². The largest absolute Gasteiger partial charge is 0.444 e. The lowest BCUT2D eigenvalue weighted by Gasteiger charge is -2.35. The predicted molar refractivity (Wildman–Crippen MR) is 170 cm³/mol. The summed E-state index contributed by atoms with van der Waals surface area (Å²) in [5, 5.41) is 2.94. The van der Waals surface area contributed by atoms with Crippen molar-refractivity contribution in [1.82, 2.24) is 19.9 Å². The van der Waals surface area contributed by atoms with E-state index in [1.54, 1.807) is 32.9 Å². The molecule has 240 valence electrons. The summed E-state index contributed by atoms with van der Waals surface area (Å²) in [6.45, 7) is 9.40. The second kappa shape index (κ2) is 13.9. The monoisotopic (exact) mass is 670 g/mol. The third kappa shape index (κ3) is 7.66. The van der Waals surface area contributed by atoms with Crippen molar-refractivity contribution in [2.24, 2.45) is 0 Å². The zero-order valence-corrected chi connectivity index (χ0v) is 26.6. The van der Waals surface area contributed by atoms with Gasteiger partial charge in [0.15, 0.2) is 5.82 Å². The minimum Gasteiger partial charge on any atom is -0.444 e. The van der Waals surface area contributed by atoms with E-state index in [0.717, 1.165) is 24.3 Å². The minimum atomic E-state index is -0.741. The predicted octanol–water partition coefficient (Wildman–Crippen LogP) is 7.24. The van der Waals surface area contributed by atoms with Crippen LogP contribution in [0.1, 0.15) is 31.8 Å². The van der Waals surface area contributed by atoms with Crippen molar-refractivity contribution < 1.29 is 32.2 Å². The normalized spacial score (nSPS) is 14.9. The number of carbonyl (C=O) groups excluding carboxylic acids is 2. The van der Waals surface area contributed by atoms with Gasteiger partial charge in [-0.05, 0) is 75.2 Å². The molecule has 15 heteroatoms. The first-order valence-electron chi connectivity index (χ1n) is 13.9. The summed E-state index contributed by atoms with van der Waals surface area (Å²) in [7, 11) is 0. The number of amides is 2. The van der Waals surface area contributed by atoms with E-state index in [-0.39, 0.29) is 40.9 Å². The number of carbonyl (C=O) groups is 2. The zero-order valence-electron chi connectivity index (χ0n) is 25.0. The van der Waals surface area contributed by atoms with E-state index in [4.69, 9.17) is 14.5 Å². The summed E-state index contributed by atoms with van der Waals surface area (Å²) in [5.74, 6) is -2.56. The lowest BCUT2D eigenvalue weighted by Crippen LogP contribution is -2.45. The molecule has 1 fully saturated rings. The van der Waals surface area contributed by atoms with Crippen molar-refractivity contribution >= 4 is 46.9 Å². The van der Waals surface area contributed by atoms with Crippen LogP contribution in [0.2, 0.25) is 0 Å². The molecule has 3 heterocycles. The Labute approximate surface area is 271 Å². The summed E-state index contributed by atoms with van der Waals surface area (Å²) in [6.07, 6.45) is 1.95. The lowest BCUT2D eigenvalue weighted by atomic mass is 10.1. The van der Waals surface area contributed by atoms with Crippen molar-refractivity contribution in [3.05, 3.63) is 83.8 Å². The first kappa shape index (κ1) is 32.9.